The summed E-state index contributed by atoms with van der Waals surface area (Å²) in [4.78, 5) is 37.8. The number of unbranched alkanes of at least 4 members (excludes halogenated alkanes) is 1. The average molecular weight is 428 g/mol. The lowest BCUT2D eigenvalue weighted by Gasteiger charge is -2.27. The molecule has 0 unspecified atom stereocenters. The number of amides is 2. The SMILES string of the molecule is NCCCNCCCCNCCCN1C(=O)c2cccc3cc([N+](=O)[O-])cc(c23)C1=O. The van der Waals surface area contributed by atoms with Crippen LogP contribution >= 0.6 is 0 Å². The topological polar surface area (TPSA) is 131 Å². The highest BCUT2D eigenvalue weighted by molar-refractivity contribution is 6.25. The highest BCUT2D eigenvalue weighted by Crippen LogP contribution is 2.33. The maximum absolute atomic E-state index is 12.9. The van der Waals surface area contributed by atoms with Crippen molar-refractivity contribution in [3.63, 3.8) is 0 Å². The largest absolute Gasteiger partial charge is 0.330 e. The van der Waals surface area contributed by atoms with E-state index in [1.807, 2.05) is 0 Å². The minimum atomic E-state index is -0.520. The Bertz CT molecular complexity index is 962. The molecule has 0 bridgehead atoms. The van der Waals surface area contributed by atoms with Crippen molar-refractivity contribution in [2.75, 3.05) is 39.3 Å². The van der Waals surface area contributed by atoms with Crippen LogP contribution in [0.25, 0.3) is 10.8 Å². The number of non-ortho nitro benzene ring substituents is 1. The third kappa shape index (κ3) is 5.43. The lowest BCUT2D eigenvalue weighted by atomic mass is 9.93. The smallest absolute Gasteiger partial charge is 0.270 e. The summed E-state index contributed by atoms with van der Waals surface area (Å²) in [6.07, 6.45) is 3.71. The van der Waals surface area contributed by atoms with E-state index in [0.717, 1.165) is 38.9 Å². The van der Waals surface area contributed by atoms with Gasteiger partial charge in [0.2, 0.25) is 0 Å². The second kappa shape index (κ2) is 10.9. The van der Waals surface area contributed by atoms with Crippen LogP contribution in [0.15, 0.2) is 30.3 Å². The average Bonchev–Trinajstić information content (AvgIpc) is 2.77. The van der Waals surface area contributed by atoms with Gasteiger partial charge in [0.15, 0.2) is 0 Å². The van der Waals surface area contributed by atoms with Crippen molar-refractivity contribution in [1.82, 2.24) is 15.5 Å². The van der Waals surface area contributed by atoms with Gasteiger partial charge in [-0.3, -0.25) is 24.6 Å². The Morgan fingerprint density at radius 1 is 0.903 bits per heavy atom. The summed E-state index contributed by atoms with van der Waals surface area (Å²) in [6.45, 7) is 4.44. The number of rotatable bonds is 13. The summed E-state index contributed by atoms with van der Waals surface area (Å²) < 4.78 is 0. The maximum Gasteiger partial charge on any atom is 0.270 e. The molecular weight excluding hydrogens is 398 g/mol. The Kier molecular flexibility index (Phi) is 8.05. The Morgan fingerprint density at radius 3 is 2.23 bits per heavy atom. The molecule has 0 radical (unpaired) electrons. The first-order valence-electron chi connectivity index (χ1n) is 10.7. The minimum Gasteiger partial charge on any atom is -0.330 e. The number of benzene rings is 2. The highest BCUT2D eigenvalue weighted by Gasteiger charge is 2.33. The van der Waals surface area contributed by atoms with Gasteiger partial charge in [-0.15, -0.1) is 0 Å². The van der Waals surface area contributed by atoms with Gasteiger partial charge >= 0.3 is 0 Å². The molecule has 2 aromatic rings. The van der Waals surface area contributed by atoms with E-state index in [-0.39, 0.29) is 23.7 Å². The molecule has 2 amide bonds. The molecule has 9 nitrogen and oxygen atoms in total. The van der Waals surface area contributed by atoms with Crippen LogP contribution in [-0.2, 0) is 0 Å². The zero-order valence-corrected chi connectivity index (χ0v) is 17.6. The van der Waals surface area contributed by atoms with Crippen LogP contribution in [0.2, 0.25) is 0 Å². The fourth-order valence-electron chi connectivity index (χ4n) is 3.79. The molecule has 31 heavy (non-hydrogen) atoms. The number of carbonyl (C=O) groups is 2. The molecule has 0 saturated heterocycles. The zero-order chi connectivity index (χ0) is 22.2. The molecule has 166 valence electrons. The number of nitro groups is 1. The van der Waals surface area contributed by atoms with Gasteiger partial charge < -0.3 is 16.4 Å². The fraction of sp³-hybridized carbons (Fsp3) is 0.455. The number of nitro benzene ring substituents is 1. The van der Waals surface area contributed by atoms with Crippen molar-refractivity contribution in [2.24, 2.45) is 5.73 Å². The van der Waals surface area contributed by atoms with E-state index in [2.05, 4.69) is 10.6 Å². The third-order valence-corrected chi connectivity index (χ3v) is 5.37. The van der Waals surface area contributed by atoms with Crippen molar-refractivity contribution in [1.29, 1.82) is 0 Å². The minimum absolute atomic E-state index is 0.151. The molecule has 0 aromatic heterocycles. The van der Waals surface area contributed by atoms with E-state index in [1.165, 1.54) is 17.0 Å². The van der Waals surface area contributed by atoms with E-state index in [4.69, 9.17) is 5.73 Å². The van der Waals surface area contributed by atoms with Crippen LogP contribution in [-0.4, -0.2) is 60.9 Å². The van der Waals surface area contributed by atoms with E-state index in [1.54, 1.807) is 18.2 Å². The molecule has 0 fully saturated rings. The molecule has 1 heterocycles. The predicted molar refractivity (Wildman–Crippen MR) is 119 cm³/mol. The molecule has 2 aromatic carbocycles. The summed E-state index contributed by atoms with van der Waals surface area (Å²) in [7, 11) is 0. The molecule has 3 rings (SSSR count). The normalized spacial score (nSPS) is 13.3. The van der Waals surface area contributed by atoms with Gasteiger partial charge in [-0.2, -0.15) is 0 Å². The Morgan fingerprint density at radius 2 is 1.55 bits per heavy atom. The van der Waals surface area contributed by atoms with Crippen LogP contribution in [0.5, 0.6) is 0 Å². The molecular formula is C22H29N5O4. The molecule has 0 atom stereocenters. The molecule has 4 N–H and O–H groups in total. The number of imide groups is 1. The summed E-state index contributed by atoms with van der Waals surface area (Å²) >= 11 is 0. The van der Waals surface area contributed by atoms with E-state index in [9.17, 15) is 19.7 Å². The van der Waals surface area contributed by atoms with Gasteiger partial charge in [-0.05, 0) is 69.9 Å². The first kappa shape index (κ1) is 22.8. The van der Waals surface area contributed by atoms with Gasteiger partial charge in [0, 0.05) is 29.6 Å². The number of nitrogens with two attached hydrogens (primary N) is 1. The second-order valence-electron chi connectivity index (χ2n) is 7.62. The number of nitrogens with one attached hydrogen (secondary N) is 2. The van der Waals surface area contributed by atoms with Gasteiger partial charge in [0.25, 0.3) is 17.5 Å². The summed E-state index contributed by atoms with van der Waals surface area (Å²) in [5, 5.41) is 18.9. The zero-order valence-electron chi connectivity index (χ0n) is 17.6. The Balaban J connectivity index is 1.52. The second-order valence-corrected chi connectivity index (χ2v) is 7.62. The molecule has 1 aliphatic heterocycles. The summed E-state index contributed by atoms with van der Waals surface area (Å²) in [5.74, 6) is -0.818. The van der Waals surface area contributed by atoms with Gasteiger partial charge in [0.1, 0.15) is 0 Å². The Hall–Kier alpha value is -2.88. The third-order valence-electron chi connectivity index (χ3n) is 5.37. The molecule has 1 aliphatic rings. The van der Waals surface area contributed by atoms with Gasteiger partial charge in [-0.25, -0.2) is 0 Å². The summed E-state index contributed by atoms with van der Waals surface area (Å²) in [5.41, 5.74) is 5.93. The lowest BCUT2D eigenvalue weighted by molar-refractivity contribution is -0.384. The molecule has 0 aliphatic carbocycles. The monoisotopic (exact) mass is 427 g/mol. The van der Waals surface area contributed by atoms with Gasteiger partial charge in [-0.1, -0.05) is 12.1 Å². The molecule has 9 heteroatoms. The maximum atomic E-state index is 12.9. The van der Waals surface area contributed by atoms with Crippen LogP contribution in [0, 0.1) is 10.1 Å². The molecule has 0 saturated carbocycles. The first-order chi connectivity index (χ1) is 15.0. The van der Waals surface area contributed by atoms with Crippen LogP contribution < -0.4 is 16.4 Å². The fourth-order valence-corrected chi connectivity index (χ4v) is 3.79. The van der Waals surface area contributed by atoms with E-state index < -0.39 is 10.8 Å². The number of nitrogens with zero attached hydrogens (tertiary/aromatic N) is 2. The Labute approximate surface area is 181 Å². The first-order valence-corrected chi connectivity index (χ1v) is 10.7. The van der Waals surface area contributed by atoms with E-state index >= 15 is 0 Å². The van der Waals surface area contributed by atoms with Crippen molar-refractivity contribution < 1.29 is 14.5 Å². The van der Waals surface area contributed by atoms with Crippen molar-refractivity contribution in [3.05, 3.63) is 51.6 Å². The standard InChI is InChI=1S/C22H29N5O4/c23-8-4-11-24-9-1-2-10-25-12-5-13-26-21(28)18-7-3-6-16-14-17(27(30)31)15-19(20(16)18)22(26)29/h3,6-7,14-15,24-25H,1-2,4-5,8-13,23H2. The van der Waals surface area contributed by atoms with Crippen LogP contribution in [0.3, 0.4) is 0 Å². The van der Waals surface area contributed by atoms with Crippen LogP contribution in [0.4, 0.5) is 5.69 Å². The lowest BCUT2D eigenvalue weighted by Crippen LogP contribution is -2.41. The number of hydrogen-bond acceptors (Lipinski definition) is 7. The summed E-state index contributed by atoms with van der Waals surface area (Å²) in [6, 6.07) is 7.70. The van der Waals surface area contributed by atoms with Gasteiger partial charge in [0.05, 0.1) is 10.5 Å². The quantitative estimate of drug-likeness (QED) is 0.193. The van der Waals surface area contributed by atoms with Crippen molar-refractivity contribution in [2.45, 2.75) is 25.7 Å². The number of carbonyl (C=O) groups excluding carboxylic acids is 2. The highest BCUT2D eigenvalue weighted by atomic mass is 16.6. The number of hydrogen-bond donors (Lipinski definition) is 3. The van der Waals surface area contributed by atoms with Crippen molar-refractivity contribution >= 4 is 28.3 Å². The van der Waals surface area contributed by atoms with E-state index in [0.29, 0.717) is 35.8 Å². The van der Waals surface area contributed by atoms with Crippen molar-refractivity contribution in [3.8, 4) is 0 Å². The predicted octanol–water partition coefficient (Wildman–Crippen LogP) is 2.04. The molecule has 0 spiro atoms. The van der Waals surface area contributed by atoms with Crippen LogP contribution in [0.1, 0.15) is 46.4 Å².